The van der Waals surface area contributed by atoms with Crippen molar-refractivity contribution in [2.24, 2.45) is 23.2 Å². The van der Waals surface area contributed by atoms with E-state index in [1.807, 2.05) is 0 Å². The molecule has 28 heavy (non-hydrogen) atoms. The second-order valence-electron chi connectivity index (χ2n) is 10.8. The molecule has 1 aromatic rings. The molecule has 2 atom stereocenters. The lowest BCUT2D eigenvalue weighted by molar-refractivity contribution is -0.0444. The lowest BCUT2D eigenvalue weighted by Crippen LogP contribution is -2.50. The van der Waals surface area contributed by atoms with Crippen LogP contribution in [0, 0.1) is 23.2 Å². The summed E-state index contributed by atoms with van der Waals surface area (Å²) in [4.78, 5) is 24.7. The minimum atomic E-state index is -0.340. The fraction of sp³-hybridized carbons (Fsp3) is 0.826. The maximum Gasteiger partial charge on any atom is 0.253 e. The second-order valence-corrected chi connectivity index (χ2v) is 10.8. The van der Waals surface area contributed by atoms with E-state index in [-0.39, 0.29) is 22.5 Å². The third-order valence-corrected chi connectivity index (χ3v) is 8.90. The minimum absolute atomic E-state index is 0.114. The Bertz CT molecular complexity index is 806. The third-order valence-electron chi connectivity index (χ3n) is 8.90. The fourth-order valence-corrected chi connectivity index (χ4v) is 8.09. The third kappa shape index (κ3) is 2.54. The second kappa shape index (κ2) is 6.07. The quantitative estimate of drug-likeness (QED) is 0.762. The first-order chi connectivity index (χ1) is 13.6. The number of rotatable bonds is 5. The van der Waals surface area contributed by atoms with Crippen LogP contribution in [0.25, 0.3) is 0 Å². The number of ether oxygens (including phenoxy) is 1. The Kier molecular flexibility index (Phi) is 3.79. The van der Waals surface area contributed by atoms with Gasteiger partial charge in [0, 0.05) is 13.2 Å². The van der Waals surface area contributed by atoms with Crippen molar-refractivity contribution in [3.63, 3.8) is 0 Å². The highest BCUT2D eigenvalue weighted by Crippen LogP contribution is 2.60. The maximum atomic E-state index is 12.3. The molecular weight excluding hydrogens is 352 g/mol. The van der Waals surface area contributed by atoms with Crippen LogP contribution in [0.3, 0.4) is 0 Å². The molecule has 5 aliphatic carbocycles. The van der Waals surface area contributed by atoms with Crippen molar-refractivity contribution < 1.29 is 4.74 Å². The number of nitrogens with one attached hydrogen (secondary N) is 2. The van der Waals surface area contributed by atoms with Gasteiger partial charge in [-0.25, -0.2) is 0 Å². The molecule has 1 aromatic carbocycles. The predicted molar refractivity (Wildman–Crippen MR) is 110 cm³/mol. The molecule has 4 bridgehead atoms. The minimum Gasteiger partial charge on any atom is -0.379 e. The summed E-state index contributed by atoms with van der Waals surface area (Å²) in [5.74, 6) is 2.70. The Hall–Kier alpha value is -1.36. The molecule has 1 heterocycles. The van der Waals surface area contributed by atoms with Crippen molar-refractivity contribution >= 4 is 11.4 Å². The molecule has 0 radical (unpaired) electrons. The first-order valence-corrected chi connectivity index (χ1v) is 11.5. The van der Waals surface area contributed by atoms with Gasteiger partial charge in [-0.1, -0.05) is 0 Å². The van der Waals surface area contributed by atoms with Crippen molar-refractivity contribution in [2.45, 2.75) is 82.3 Å². The van der Waals surface area contributed by atoms with Gasteiger partial charge >= 0.3 is 0 Å². The SMILES string of the molecule is O=c1c(NCC23CC4CC(CC(C4)C2)C3)c(NC2CCCC23CCCO3)c1=O. The van der Waals surface area contributed by atoms with Gasteiger partial charge in [0.25, 0.3) is 10.9 Å². The average Bonchev–Trinajstić information content (AvgIpc) is 3.30. The summed E-state index contributed by atoms with van der Waals surface area (Å²) in [6, 6.07) is 0.165. The number of anilines is 2. The predicted octanol–water partition coefficient (Wildman–Crippen LogP) is 3.42. The van der Waals surface area contributed by atoms with Crippen LogP contribution in [0.1, 0.15) is 70.6 Å². The Morgan fingerprint density at radius 2 is 1.54 bits per heavy atom. The summed E-state index contributed by atoms with van der Waals surface area (Å²) >= 11 is 0. The molecule has 1 aliphatic heterocycles. The van der Waals surface area contributed by atoms with E-state index >= 15 is 0 Å². The van der Waals surface area contributed by atoms with E-state index in [9.17, 15) is 9.59 Å². The van der Waals surface area contributed by atoms with Gasteiger partial charge in [0.2, 0.25) is 0 Å². The summed E-state index contributed by atoms with van der Waals surface area (Å²) in [6.07, 6.45) is 13.6. The Balaban J connectivity index is 1.18. The molecule has 2 unspecified atom stereocenters. The zero-order valence-electron chi connectivity index (χ0n) is 16.7. The van der Waals surface area contributed by atoms with Crippen molar-refractivity contribution in [3.8, 4) is 0 Å². The molecule has 5 heteroatoms. The highest BCUT2D eigenvalue weighted by Gasteiger charge is 2.51. The molecule has 0 amide bonds. The summed E-state index contributed by atoms with van der Waals surface area (Å²) < 4.78 is 6.10. The lowest BCUT2D eigenvalue weighted by Gasteiger charge is -2.57. The number of hydrogen-bond donors (Lipinski definition) is 2. The van der Waals surface area contributed by atoms with Gasteiger partial charge in [-0.05, 0) is 93.8 Å². The van der Waals surface area contributed by atoms with Gasteiger partial charge in [0.15, 0.2) is 0 Å². The highest BCUT2D eigenvalue weighted by atomic mass is 16.5. The summed E-state index contributed by atoms with van der Waals surface area (Å²) in [6.45, 7) is 1.68. The van der Waals surface area contributed by atoms with E-state index in [0.29, 0.717) is 16.8 Å². The molecule has 0 aromatic heterocycles. The first-order valence-electron chi connectivity index (χ1n) is 11.5. The lowest BCUT2D eigenvalue weighted by atomic mass is 9.49. The van der Waals surface area contributed by atoms with Crippen LogP contribution in [-0.2, 0) is 4.74 Å². The Morgan fingerprint density at radius 1 is 0.893 bits per heavy atom. The van der Waals surface area contributed by atoms with E-state index in [1.54, 1.807) is 0 Å². The molecule has 2 N–H and O–H groups in total. The molecule has 5 nitrogen and oxygen atoms in total. The van der Waals surface area contributed by atoms with E-state index in [4.69, 9.17) is 4.74 Å². The zero-order chi connectivity index (χ0) is 18.9. The molecule has 6 aliphatic rings. The molecule has 152 valence electrons. The standard InChI is InChI=1S/C23H32N2O3/c26-20-18(24-13-22-10-14-7-15(11-22)9-16(8-14)12-22)19(21(20)27)25-17-3-1-4-23(17)5-2-6-28-23/h14-17,24-25H,1-13H2. The van der Waals surface area contributed by atoms with Crippen LogP contribution in [0.15, 0.2) is 9.59 Å². The van der Waals surface area contributed by atoms with Crippen LogP contribution >= 0.6 is 0 Å². The topological polar surface area (TPSA) is 67.4 Å². The van der Waals surface area contributed by atoms with Gasteiger partial charge in [0.05, 0.1) is 11.6 Å². The Morgan fingerprint density at radius 3 is 2.18 bits per heavy atom. The summed E-state index contributed by atoms with van der Waals surface area (Å²) in [5, 5.41) is 6.92. The smallest absolute Gasteiger partial charge is 0.253 e. The van der Waals surface area contributed by atoms with Crippen LogP contribution < -0.4 is 21.5 Å². The normalized spacial score (nSPS) is 44.0. The number of hydrogen-bond acceptors (Lipinski definition) is 5. The van der Waals surface area contributed by atoms with Crippen molar-refractivity contribution in [1.82, 2.24) is 0 Å². The average molecular weight is 385 g/mol. The first kappa shape index (κ1) is 17.5. The van der Waals surface area contributed by atoms with Crippen LogP contribution in [0.4, 0.5) is 11.4 Å². The zero-order valence-corrected chi connectivity index (χ0v) is 16.7. The fourth-order valence-electron chi connectivity index (χ4n) is 8.09. The van der Waals surface area contributed by atoms with E-state index in [2.05, 4.69) is 10.6 Å². The van der Waals surface area contributed by atoms with Crippen LogP contribution in [0.5, 0.6) is 0 Å². The van der Waals surface area contributed by atoms with E-state index in [1.165, 1.54) is 38.5 Å². The Labute approximate surface area is 166 Å². The summed E-state index contributed by atoms with van der Waals surface area (Å²) in [5.41, 5.74) is 0.670. The highest BCUT2D eigenvalue weighted by molar-refractivity contribution is 5.74. The van der Waals surface area contributed by atoms with Gasteiger partial charge < -0.3 is 15.4 Å². The largest absolute Gasteiger partial charge is 0.379 e. The molecule has 1 spiro atoms. The van der Waals surface area contributed by atoms with Gasteiger partial charge in [-0.3, -0.25) is 9.59 Å². The molecule has 5 saturated carbocycles. The van der Waals surface area contributed by atoms with E-state index < -0.39 is 0 Å². The van der Waals surface area contributed by atoms with E-state index in [0.717, 1.165) is 63.0 Å². The van der Waals surface area contributed by atoms with Gasteiger partial charge in [0.1, 0.15) is 11.4 Å². The van der Waals surface area contributed by atoms with Crippen molar-refractivity contribution in [2.75, 3.05) is 23.8 Å². The monoisotopic (exact) mass is 384 g/mol. The summed E-state index contributed by atoms with van der Waals surface area (Å²) in [7, 11) is 0. The van der Waals surface area contributed by atoms with Crippen molar-refractivity contribution in [3.05, 3.63) is 20.4 Å². The van der Waals surface area contributed by atoms with Crippen LogP contribution in [0.2, 0.25) is 0 Å². The maximum absolute atomic E-state index is 12.3. The molecule has 7 rings (SSSR count). The van der Waals surface area contributed by atoms with Gasteiger partial charge in [-0.2, -0.15) is 0 Å². The molecular formula is C23H32N2O3. The van der Waals surface area contributed by atoms with Crippen LogP contribution in [-0.4, -0.2) is 24.8 Å². The van der Waals surface area contributed by atoms with Crippen molar-refractivity contribution in [1.29, 1.82) is 0 Å². The van der Waals surface area contributed by atoms with Gasteiger partial charge in [-0.15, -0.1) is 0 Å². The molecule has 1 saturated heterocycles. The molecule has 6 fully saturated rings.